The molecule has 1 N–H and O–H groups in total. The van der Waals surface area contributed by atoms with Crippen LogP contribution in [0.25, 0.3) is 11.2 Å². The molecule has 3 aromatic rings. The number of pyridine rings is 1. The molecular weight excluding hydrogens is 400 g/mol. The number of aryl methyl sites for hydroxylation is 3. The van der Waals surface area contributed by atoms with Gasteiger partial charge >= 0.3 is 0 Å². The largest absolute Gasteiger partial charge is 0.327 e. The van der Waals surface area contributed by atoms with E-state index in [4.69, 9.17) is 9.97 Å². The van der Waals surface area contributed by atoms with E-state index in [1.807, 2.05) is 18.4 Å². The molecule has 2 aliphatic heterocycles. The van der Waals surface area contributed by atoms with Gasteiger partial charge in [-0.15, -0.1) is 11.3 Å². The molecule has 2 aliphatic rings. The summed E-state index contributed by atoms with van der Waals surface area (Å²) in [6.45, 7) is 3.35. The van der Waals surface area contributed by atoms with Gasteiger partial charge in [0.2, 0.25) is 5.91 Å². The third-order valence-electron chi connectivity index (χ3n) is 5.90. The zero-order chi connectivity index (χ0) is 20.7. The maximum Gasteiger partial charge on any atom is 0.256 e. The lowest BCUT2D eigenvalue weighted by Crippen LogP contribution is -2.43. The molecule has 1 atom stereocenters. The molecule has 5 heterocycles. The molecule has 0 bridgehead atoms. The molecule has 30 heavy (non-hydrogen) atoms. The summed E-state index contributed by atoms with van der Waals surface area (Å²) in [5.74, 6) is 0.683. The summed E-state index contributed by atoms with van der Waals surface area (Å²) in [5.41, 5.74) is 2.79. The minimum atomic E-state index is -0.495. The molecule has 0 aliphatic carbocycles. The van der Waals surface area contributed by atoms with E-state index >= 15 is 0 Å². The van der Waals surface area contributed by atoms with Gasteiger partial charge in [-0.05, 0) is 38.7 Å². The highest BCUT2D eigenvalue weighted by molar-refractivity contribution is 7.13. The van der Waals surface area contributed by atoms with Crippen LogP contribution in [0.3, 0.4) is 0 Å². The summed E-state index contributed by atoms with van der Waals surface area (Å²) in [5, 5.41) is 5.20. The van der Waals surface area contributed by atoms with Gasteiger partial charge in [0.25, 0.3) is 5.91 Å². The van der Waals surface area contributed by atoms with Crippen LogP contribution in [0.15, 0.2) is 17.6 Å². The molecular formula is C21H24N6O2S. The Labute approximate surface area is 178 Å². The third kappa shape index (κ3) is 3.36. The Kier molecular flexibility index (Phi) is 4.98. The van der Waals surface area contributed by atoms with Crippen LogP contribution in [0.2, 0.25) is 0 Å². The zero-order valence-corrected chi connectivity index (χ0v) is 17.7. The summed E-state index contributed by atoms with van der Waals surface area (Å²) < 4.78 is 2.17. The molecule has 2 amide bonds. The fourth-order valence-electron chi connectivity index (χ4n) is 4.49. The SMILES string of the molecule is Cc1cc(C(=O)N2CCCC2C(=O)Nc2nccs2)c2nc3n(c2n1)CCCCC3. The van der Waals surface area contributed by atoms with E-state index in [2.05, 4.69) is 14.9 Å². The van der Waals surface area contributed by atoms with Crippen LogP contribution < -0.4 is 5.32 Å². The smallest absolute Gasteiger partial charge is 0.256 e. The second-order valence-corrected chi connectivity index (χ2v) is 8.85. The lowest BCUT2D eigenvalue weighted by molar-refractivity contribution is -0.119. The number of hydrogen-bond donors (Lipinski definition) is 1. The second-order valence-electron chi connectivity index (χ2n) is 7.96. The molecule has 0 aromatic carbocycles. The highest BCUT2D eigenvalue weighted by atomic mass is 32.1. The van der Waals surface area contributed by atoms with Crippen LogP contribution in [0, 0.1) is 6.92 Å². The number of fused-ring (bicyclic) bond motifs is 3. The zero-order valence-electron chi connectivity index (χ0n) is 16.9. The molecule has 8 nitrogen and oxygen atoms in total. The van der Waals surface area contributed by atoms with Gasteiger partial charge in [-0.1, -0.05) is 6.42 Å². The van der Waals surface area contributed by atoms with Crippen LogP contribution in [0.1, 0.15) is 54.0 Å². The van der Waals surface area contributed by atoms with Crippen LogP contribution in [0.5, 0.6) is 0 Å². The van der Waals surface area contributed by atoms with Crippen molar-refractivity contribution >= 4 is 39.4 Å². The Balaban J connectivity index is 1.48. The fraction of sp³-hybridized carbons (Fsp3) is 0.476. The Morgan fingerprint density at radius 2 is 2.07 bits per heavy atom. The van der Waals surface area contributed by atoms with Crippen LogP contribution in [0.4, 0.5) is 5.13 Å². The minimum Gasteiger partial charge on any atom is -0.327 e. The van der Waals surface area contributed by atoms with Crippen molar-refractivity contribution in [1.82, 2.24) is 24.4 Å². The summed E-state index contributed by atoms with van der Waals surface area (Å²) in [6.07, 6.45) is 7.40. The van der Waals surface area contributed by atoms with Gasteiger partial charge in [0, 0.05) is 36.8 Å². The Morgan fingerprint density at radius 1 is 1.17 bits per heavy atom. The minimum absolute atomic E-state index is 0.143. The lowest BCUT2D eigenvalue weighted by atomic mass is 10.1. The maximum absolute atomic E-state index is 13.6. The number of nitrogens with one attached hydrogen (secondary N) is 1. The van der Waals surface area contributed by atoms with Gasteiger partial charge in [-0.3, -0.25) is 9.59 Å². The van der Waals surface area contributed by atoms with E-state index in [-0.39, 0.29) is 11.8 Å². The monoisotopic (exact) mass is 424 g/mol. The van der Waals surface area contributed by atoms with E-state index in [1.165, 1.54) is 17.8 Å². The molecule has 1 fully saturated rings. The molecule has 9 heteroatoms. The van der Waals surface area contributed by atoms with Crippen molar-refractivity contribution < 1.29 is 9.59 Å². The predicted octanol–water partition coefficient (Wildman–Crippen LogP) is 3.17. The maximum atomic E-state index is 13.6. The average molecular weight is 425 g/mol. The van der Waals surface area contributed by atoms with Crippen molar-refractivity contribution in [2.75, 3.05) is 11.9 Å². The number of rotatable bonds is 3. The van der Waals surface area contributed by atoms with Crippen molar-refractivity contribution in [3.05, 3.63) is 34.7 Å². The number of hydrogen-bond acceptors (Lipinski definition) is 6. The first-order chi connectivity index (χ1) is 14.6. The summed E-state index contributed by atoms with van der Waals surface area (Å²) in [6, 6.07) is 1.32. The number of aromatic nitrogens is 4. The number of carbonyl (C=O) groups excluding carboxylic acids is 2. The number of nitrogens with zero attached hydrogens (tertiary/aromatic N) is 5. The average Bonchev–Trinajstić information content (AvgIpc) is 3.45. The van der Waals surface area contributed by atoms with Crippen LogP contribution >= 0.6 is 11.3 Å². The highest BCUT2D eigenvalue weighted by Crippen LogP contribution is 2.28. The molecule has 0 spiro atoms. The van der Waals surface area contributed by atoms with Gasteiger partial charge < -0.3 is 14.8 Å². The standard InChI is InChI=1S/C21H24N6O2S/c1-13-12-14(17-18(23-13)27-9-4-2-3-7-16(27)24-17)20(29)26-10-5-6-15(26)19(28)25-21-22-8-11-30-21/h8,11-12,15H,2-7,9-10H2,1H3,(H,22,25,28). The molecule has 0 radical (unpaired) electrons. The predicted molar refractivity (Wildman–Crippen MR) is 115 cm³/mol. The molecule has 1 unspecified atom stereocenters. The van der Waals surface area contributed by atoms with E-state index in [0.717, 1.165) is 49.4 Å². The van der Waals surface area contributed by atoms with Gasteiger partial charge in [0.05, 0.1) is 5.56 Å². The van der Waals surface area contributed by atoms with Gasteiger partial charge in [-0.25, -0.2) is 15.0 Å². The van der Waals surface area contributed by atoms with Gasteiger partial charge in [-0.2, -0.15) is 0 Å². The molecule has 0 saturated carbocycles. The lowest BCUT2D eigenvalue weighted by Gasteiger charge is -2.24. The number of likely N-dealkylation sites (tertiary alicyclic amines) is 1. The van der Waals surface area contributed by atoms with Crippen molar-refractivity contribution in [2.24, 2.45) is 0 Å². The van der Waals surface area contributed by atoms with Crippen molar-refractivity contribution in [3.63, 3.8) is 0 Å². The number of carbonyl (C=O) groups is 2. The van der Waals surface area contributed by atoms with E-state index in [0.29, 0.717) is 29.2 Å². The first kappa shape index (κ1) is 19.2. The third-order valence-corrected chi connectivity index (χ3v) is 6.59. The number of thiazole rings is 1. The van der Waals surface area contributed by atoms with Crippen LogP contribution in [-0.4, -0.2) is 48.8 Å². The number of imidazole rings is 1. The van der Waals surface area contributed by atoms with Crippen LogP contribution in [-0.2, 0) is 17.8 Å². The summed E-state index contributed by atoms with van der Waals surface area (Å²) in [7, 11) is 0. The molecule has 156 valence electrons. The normalized spacial score (nSPS) is 19.0. The summed E-state index contributed by atoms with van der Waals surface area (Å²) >= 11 is 1.37. The van der Waals surface area contributed by atoms with Gasteiger partial charge in [0.15, 0.2) is 10.8 Å². The molecule has 3 aromatic heterocycles. The Hall–Kier alpha value is -2.81. The first-order valence-corrected chi connectivity index (χ1v) is 11.4. The number of amides is 2. The fourth-order valence-corrected chi connectivity index (χ4v) is 5.02. The van der Waals surface area contributed by atoms with Gasteiger partial charge in [0.1, 0.15) is 17.4 Å². The number of anilines is 1. The van der Waals surface area contributed by atoms with E-state index < -0.39 is 6.04 Å². The Bertz CT molecular complexity index is 1110. The van der Waals surface area contributed by atoms with Crippen molar-refractivity contribution in [3.8, 4) is 0 Å². The van der Waals surface area contributed by atoms with Crippen molar-refractivity contribution in [2.45, 2.75) is 58.0 Å². The Morgan fingerprint density at radius 3 is 2.90 bits per heavy atom. The highest BCUT2D eigenvalue weighted by Gasteiger charge is 2.36. The van der Waals surface area contributed by atoms with E-state index in [9.17, 15) is 9.59 Å². The summed E-state index contributed by atoms with van der Waals surface area (Å²) in [4.78, 5) is 41.7. The topological polar surface area (TPSA) is 93.0 Å². The molecule has 5 rings (SSSR count). The quantitative estimate of drug-likeness (QED) is 0.697. The molecule has 1 saturated heterocycles. The van der Waals surface area contributed by atoms with E-state index in [1.54, 1.807) is 11.1 Å². The van der Waals surface area contributed by atoms with Crippen molar-refractivity contribution in [1.29, 1.82) is 0 Å². The first-order valence-electron chi connectivity index (χ1n) is 10.5. The second kappa shape index (κ2) is 7.79.